The van der Waals surface area contributed by atoms with Crippen LogP contribution in [0.4, 0.5) is 0 Å². The van der Waals surface area contributed by atoms with E-state index in [1.807, 2.05) is 0 Å². The number of carboxylic acids is 1. The second kappa shape index (κ2) is 5.90. The van der Waals surface area contributed by atoms with Crippen molar-refractivity contribution in [2.24, 2.45) is 0 Å². The van der Waals surface area contributed by atoms with Crippen molar-refractivity contribution in [2.45, 2.75) is 39.7 Å². The number of carbonyl (C=O) groups is 2. The van der Waals surface area contributed by atoms with Gasteiger partial charge in [0, 0.05) is 18.2 Å². The van der Waals surface area contributed by atoms with Gasteiger partial charge in [-0.05, 0) is 33.3 Å². The van der Waals surface area contributed by atoms with Crippen LogP contribution in [0.3, 0.4) is 0 Å². The number of rotatable bonds is 5. The van der Waals surface area contributed by atoms with E-state index in [-0.39, 0.29) is 18.4 Å². The lowest BCUT2D eigenvalue weighted by atomic mass is 10.1. The summed E-state index contributed by atoms with van der Waals surface area (Å²) in [5, 5.41) is 15.9. The van der Waals surface area contributed by atoms with E-state index in [2.05, 4.69) is 15.5 Å². The quantitative estimate of drug-likeness (QED) is 0.870. The highest BCUT2D eigenvalue weighted by atomic mass is 16.5. The van der Waals surface area contributed by atoms with Crippen LogP contribution in [0.5, 0.6) is 0 Å². The van der Waals surface area contributed by atoms with Gasteiger partial charge in [-0.1, -0.05) is 5.16 Å². The van der Waals surface area contributed by atoms with Crippen LogP contribution in [0.15, 0.2) is 10.6 Å². The molecule has 0 aliphatic rings. The standard InChI is InChI=1S/C14H17N3O4/c1-7(4-5-11(18)19)15-13(20)10-6-8(2)16-14-12(10)9(3)17-21-14/h6-7H,4-5H2,1-3H3,(H,15,20)(H,18,19). The first kappa shape index (κ1) is 15.0. The summed E-state index contributed by atoms with van der Waals surface area (Å²) < 4.78 is 5.09. The molecular weight excluding hydrogens is 274 g/mol. The molecule has 7 nitrogen and oxygen atoms in total. The number of aliphatic carboxylic acids is 1. The maximum absolute atomic E-state index is 12.4. The summed E-state index contributed by atoms with van der Waals surface area (Å²) in [6.45, 7) is 5.28. The van der Waals surface area contributed by atoms with Crippen LogP contribution >= 0.6 is 0 Å². The van der Waals surface area contributed by atoms with Gasteiger partial charge in [0.05, 0.1) is 16.6 Å². The number of pyridine rings is 1. The molecule has 21 heavy (non-hydrogen) atoms. The van der Waals surface area contributed by atoms with Crippen molar-refractivity contribution in [3.05, 3.63) is 23.0 Å². The van der Waals surface area contributed by atoms with E-state index in [1.165, 1.54) is 0 Å². The smallest absolute Gasteiger partial charge is 0.303 e. The fraction of sp³-hybridized carbons (Fsp3) is 0.429. The van der Waals surface area contributed by atoms with Crippen LogP contribution in [0.1, 0.15) is 41.5 Å². The molecule has 0 aromatic carbocycles. The average Bonchev–Trinajstić information content (AvgIpc) is 2.77. The molecule has 2 heterocycles. The van der Waals surface area contributed by atoms with Gasteiger partial charge >= 0.3 is 5.97 Å². The molecule has 1 amide bonds. The minimum absolute atomic E-state index is 0.0124. The lowest BCUT2D eigenvalue weighted by molar-refractivity contribution is -0.137. The molecule has 2 N–H and O–H groups in total. The first-order chi connectivity index (χ1) is 9.88. The third kappa shape index (κ3) is 3.36. The van der Waals surface area contributed by atoms with Gasteiger partial charge in [-0.25, -0.2) is 4.98 Å². The molecule has 0 spiro atoms. The SMILES string of the molecule is Cc1cc(C(=O)NC(C)CCC(=O)O)c2c(C)noc2n1. The van der Waals surface area contributed by atoms with Gasteiger partial charge in [0.1, 0.15) is 0 Å². The lowest BCUT2D eigenvalue weighted by Gasteiger charge is -2.13. The van der Waals surface area contributed by atoms with Crippen LogP contribution in [0.2, 0.25) is 0 Å². The number of aryl methyl sites for hydroxylation is 2. The van der Waals surface area contributed by atoms with Gasteiger partial charge in [0.25, 0.3) is 11.6 Å². The first-order valence-corrected chi connectivity index (χ1v) is 6.64. The van der Waals surface area contributed by atoms with Gasteiger partial charge in [-0.2, -0.15) is 0 Å². The van der Waals surface area contributed by atoms with Crippen molar-refractivity contribution < 1.29 is 19.2 Å². The van der Waals surface area contributed by atoms with E-state index in [0.29, 0.717) is 34.5 Å². The second-order valence-electron chi connectivity index (χ2n) is 5.07. The fourth-order valence-electron chi connectivity index (χ4n) is 2.11. The molecule has 0 aliphatic heterocycles. The fourth-order valence-corrected chi connectivity index (χ4v) is 2.11. The molecule has 0 fully saturated rings. The highest BCUT2D eigenvalue weighted by Crippen LogP contribution is 2.21. The Morgan fingerprint density at radius 1 is 1.43 bits per heavy atom. The Bertz CT molecular complexity index is 693. The van der Waals surface area contributed by atoms with Gasteiger partial charge in [-0.3, -0.25) is 9.59 Å². The molecule has 2 aromatic heterocycles. The maximum Gasteiger partial charge on any atom is 0.303 e. The van der Waals surface area contributed by atoms with E-state index in [1.54, 1.807) is 26.8 Å². The highest BCUT2D eigenvalue weighted by Gasteiger charge is 2.19. The second-order valence-corrected chi connectivity index (χ2v) is 5.07. The summed E-state index contributed by atoms with van der Waals surface area (Å²) in [7, 11) is 0. The summed E-state index contributed by atoms with van der Waals surface area (Å²) in [5.74, 6) is -1.16. The molecule has 0 aliphatic carbocycles. The summed E-state index contributed by atoms with van der Waals surface area (Å²) in [6.07, 6.45) is 0.384. The molecule has 7 heteroatoms. The molecular formula is C14H17N3O4. The Morgan fingerprint density at radius 3 is 2.81 bits per heavy atom. The zero-order chi connectivity index (χ0) is 15.6. The van der Waals surface area contributed by atoms with Crippen LogP contribution in [-0.2, 0) is 4.79 Å². The molecule has 112 valence electrons. The Kier molecular flexibility index (Phi) is 4.21. The van der Waals surface area contributed by atoms with Crippen molar-refractivity contribution in [2.75, 3.05) is 0 Å². The third-order valence-electron chi connectivity index (χ3n) is 3.16. The van der Waals surface area contributed by atoms with Crippen molar-refractivity contribution in [3.8, 4) is 0 Å². The van der Waals surface area contributed by atoms with Crippen LogP contribution in [0.25, 0.3) is 11.1 Å². The topological polar surface area (TPSA) is 105 Å². The van der Waals surface area contributed by atoms with Crippen LogP contribution in [0, 0.1) is 13.8 Å². The summed E-state index contributed by atoms with van der Waals surface area (Å²) in [4.78, 5) is 27.1. The average molecular weight is 291 g/mol. The highest BCUT2D eigenvalue weighted by molar-refractivity contribution is 6.06. The number of amides is 1. The molecule has 0 bridgehead atoms. The number of carboxylic acid groups (broad SMARTS) is 1. The Labute approximate surface area is 121 Å². The van der Waals surface area contributed by atoms with Crippen LogP contribution < -0.4 is 5.32 Å². The number of nitrogens with zero attached hydrogens (tertiary/aromatic N) is 2. The number of hydrogen-bond acceptors (Lipinski definition) is 5. The summed E-state index contributed by atoms with van der Waals surface area (Å²) in [5.41, 5.74) is 2.03. The van der Waals surface area contributed by atoms with Crippen LogP contribution in [-0.4, -0.2) is 33.2 Å². The number of fused-ring (bicyclic) bond motifs is 1. The van der Waals surface area contributed by atoms with Crippen molar-refractivity contribution in [1.82, 2.24) is 15.5 Å². The zero-order valence-corrected chi connectivity index (χ0v) is 12.1. The van der Waals surface area contributed by atoms with Crippen molar-refractivity contribution >= 4 is 23.0 Å². The largest absolute Gasteiger partial charge is 0.481 e. The van der Waals surface area contributed by atoms with Crippen molar-refractivity contribution in [1.29, 1.82) is 0 Å². The molecule has 1 atom stereocenters. The Morgan fingerprint density at radius 2 is 2.14 bits per heavy atom. The Hall–Kier alpha value is -2.44. The van der Waals surface area contributed by atoms with Gasteiger partial charge in [-0.15, -0.1) is 0 Å². The minimum atomic E-state index is -0.881. The molecule has 0 saturated heterocycles. The number of carbonyl (C=O) groups excluding carboxylic acids is 1. The predicted molar refractivity (Wildman–Crippen MR) is 75.1 cm³/mol. The van der Waals surface area contributed by atoms with E-state index >= 15 is 0 Å². The molecule has 2 aromatic rings. The molecule has 1 unspecified atom stereocenters. The maximum atomic E-state index is 12.4. The van der Waals surface area contributed by atoms with E-state index in [9.17, 15) is 9.59 Å². The normalized spacial score (nSPS) is 12.3. The van der Waals surface area contributed by atoms with Gasteiger partial charge < -0.3 is 14.9 Å². The lowest BCUT2D eigenvalue weighted by Crippen LogP contribution is -2.33. The monoisotopic (exact) mass is 291 g/mol. The summed E-state index contributed by atoms with van der Waals surface area (Å²) >= 11 is 0. The van der Waals surface area contributed by atoms with Crippen molar-refractivity contribution in [3.63, 3.8) is 0 Å². The minimum Gasteiger partial charge on any atom is -0.481 e. The predicted octanol–water partition coefficient (Wildman–Crippen LogP) is 1.82. The molecule has 0 saturated carbocycles. The third-order valence-corrected chi connectivity index (χ3v) is 3.16. The summed E-state index contributed by atoms with van der Waals surface area (Å²) in [6, 6.07) is 1.43. The number of hydrogen-bond donors (Lipinski definition) is 2. The van der Waals surface area contributed by atoms with E-state index < -0.39 is 5.97 Å². The number of nitrogens with one attached hydrogen (secondary N) is 1. The number of aromatic nitrogens is 2. The first-order valence-electron chi connectivity index (χ1n) is 6.64. The molecule has 0 radical (unpaired) electrons. The Balaban J connectivity index is 2.23. The van der Waals surface area contributed by atoms with Gasteiger partial charge in [0.2, 0.25) is 0 Å². The van der Waals surface area contributed by atoms with Gasteiger partial charge in [0.15, 0.2) is 0 Å². The zero-order valence-electron chi connectivity index (χ0n) is 12.1. The molecule has 2 rings (SSSR count). The van der Waals surface area contributed by atoms with E-state index in [4.69, 9.17) is 9.63 Å². The van der Waals surface area contributed by atoms with E-state index in [0.717, 1.165) is 0 Å².